The largest absolute Gasteiger partial charge is 0.469 e. The first-order valence-electron chi connectivity index (χ1n) is 13.0. The lowest BCUT2D eigenvalue weighted by atomic mass is 9.42. The molecule has 0 amide bonds. The molecule has 188 valence electrons. The van der Waals surface area contributed by atoms with Crippen molar-refractivity contribution in [1.82, 2.24) is 0 Å². The van der Waals surface area contributed by atoms with Crippen LogP contribution in [-0.4, -0.2) is 52.0 Å². The fourth-order valence-electron chi connectivity index (χ4n) is 9.11. The van der Waals surface area contributed by atoms with E-state index in [-0.39, 0.29) is 46.3 Å². The van der Waals surface area contributed by atoms with Gasteiger partial charge in [-0.05, 0) is 105 Å². The van der Waals surface area contributed by atoms with Gasteiger partial charge in [-0.3, -0.25) is 9.59 Å². The number of fused-ring (bicyclic) bond motifs is 5. The topological polar surface area (TPSA) is 104 Å². The van der Waals surface area contributed by atoms with Crippen molar-refractivity contribution in [1.29, 1.82) is 0 Å². The third-order valence-corrected chi connectivity index (χ3v) is 11.3. The van der Waals surface area contributed by atoms with Crippen LogP contribution in [0.1, 0.15) is 85.5 Å². The quantitative estimate of drug-likeness (QED) is 0.538. The highest BCUT2D eigenvalue weighted by molar-refractivity contribution is 5.84. The minimum Gasteiger partial charge on any atom is -0.469 e. The molecule has 6 heteroatoms. The van der Waals surface area contributed by atoms with Gasteiger partial charge in [0.2, 0.25) is 0 Å². The maximum absolute atomic E-state index is 12.1. The van der Waals surface area contributed by atoms with E-state index < -0.39 is 17.8 Å². The number of Topliss-reactive ketones (excluding diaryl/α,β-unsaturated/α-hetero) is 1. The minimum atomic E-state index is -1.27. The van der Waals surface area contributed by atoms with E-state index in [4.69, 9.17) is 4.74 Å². The molecule has 0 aromatic rings. The van der Waals surface area contributed by atoms with Gasteiger partial charge in [-0.2, -0.15) is 0 Å². The van der Waals surface area contributed by atoms with Crippen LogP contribution in [0.3, 0.4) is 0 Å². The third kappa shape index (κ3) is 3.79. The van der Waals surface area contributed by atoms with Crippen molar-refractivity contribution >= 4 is 11.8 Å². The number of aliphatic hydroxyl groups is 3. The molecule has 0 aliphatic heterocycles. The molecule has 0 heterocycles. The normalized spacial score (nSPS) is 50.0. The Kier molecular flexibility index (Phi) is 6.55. The summed E-state index contributed by atoms with van der Waals surface area (Å²) in [7, 11) is 1.42. The lowest BCUT2D eigenvalue weighted by molar-refractivity contribution is -0.215. The number of carbonyl (C=O) groups excluding carboxylic acids is 2. The molecule has 0 aromatic heterocycles. The summed E-state index contributed by atoms with van der Waals surface area (Å²) in [4.78, 5) is 23.8. The van der Waals surface area contributed by atoms with E-state index in [1.807, 2.05) is 0 Å². The molecule has 33 heavy (non-hydrogen) atoms. The summed E-state index contributed by atoms with van der Waals surface area (Å²) < 4.78 is 4.83. The molecule has 0 unspecified atom stereocenters. The van der Waals surface area contributed by atoms with Crippen LogP contribution in [0.25, 0.3) is 0 Å². The Bertz CT molecular complexity index is 783. The van der Waals surface area contributed by atoms with Crippen LogP contribution in [-0.2, 0) is 14.3 Å². The van der Waals surface area contributed by atoms with Gasteiger partial charge in [-0.15, -0.1) is 0 Å². The van der Waals surface area contributed by atoms with E-state index in [1.54, 1.807) is 0 Å². The first-order chi connectivity index (χ1) is 15.4. The second-order valence-corrected chi connectivity index (χ2v) is 12.5. The summed E-state index contributed by atoms with van der Waals surface area (Å²) in [5.41, 5.74) is -1.62. The average molecular weight is 465 g/mol. The predicted octanol–water partition coefficient (Wildman–Crippen LogP) is 3.50. The number of carbonyl (C=O) groups is 2. The van der Waals surface area contributed by atoms with E-state index >= 15 is 0 Å². The first-order valence-corrected chi connectivity index (χ1v) is 13.0. The monoisotopic (exact) mass is 464 g/mol. The average Bonchev–Trinajstić information content (AvgIpc) is 3.12. The number of rotatable bonds is 5. The van der Waals surface area contributed by atoms with Gasteiger partial charge >= 0.3 is 5.97 Å². The Balaban J connectivity index is 1.58. The van der Waals surface area contributed by atoms with Crippen LogP contribution in [0, 0.1) is 46.3 Å². The molecule has 0 aromatic carbocycles. The number of aliphatic hydroxyl groups excluding tert-OH is 2. The van der Waals surface area contributed by atoms with Gasteiger partial charge in [-0.1, -0.05) is 20.8 Å². The van der Waals surface area contributed by atoms with Gasteiger partial charge < -0.3 is 20.1 Å². The summed E-state index contributed by atoms with van der Waals surface area (Å²) in [6.45, 7) is 8.17. The smallest absolute Gasteiger partial charge is 0.305 e. The van der Waals surface area contributed by atoms with Crippen molar-refractivity contribution in [3.05, 3.63) is 0 Å². The summed E-state index contributed by atoms with van der Waals surface area (Å²) in [6.07, 6.45) is 5.19. The van der Waals surface area contributed by atoms with E-state index in [0.717, 1.165) is 25.7 Å². The molecule has 11 atom stereocenters. The number of methoxy groups -OCH3 is 1. The molecule has 4 saturated carbocycles. The highest BCUT2D eigenvalue weighted by atomic mass is 16.5. The van der Waals surface area contributed by atoms with Crippen molar-refractivity contribution < 1.29 is 29.6 Å². The van der Waals surface area contributed by atoms with E-state index in [1.165, 1.54) is 14.0 Å². The summed E-state index contributed by atoms with van der Waals surface area (Å²) in [5, 5.41) is 34.0. The highest BCUT2D eigenvalue weighted by Crippen LogP contribution is 2.68. The maximum atomic E-state index is 12.1. The molecular formula is C27H44O6. The molecule has 0 radical (unpaired) electrons. The number of hydrogen-bond acceptors (Lipinski definition) is 6. The van der Waals surface area contributed by atoms with Crippen molar-refractivity contribution in [3.8, 4) is 0 Å². The molecule has 4 aliphatic carbocycles. The summed E-state index contributed by atoms with van der Waals surface area (Å²) in [5.74, 6) is 0.931. The number of esters is 1. The summed E-state index contributed by atoms with van der Waals surface area (Å²) >= 11 is 0. The zero-order valence-electron chi connectivity index (χ0n) is 21.0. The van der Waals surface area contributed by atoms with E-state index in [0.29, 0.717) is 43.9 Å². The molecular weight excluding hydrogens is 420 g/mol. The minimum absolute atomic E-state index is 0.0809. The fourth-order valence-corrected chi connectivity index (χ4v) is 9.11. The molecule has 4 aliphatic rings. The highest BCUT2D eigenvalue weighted by Gasteiger charge is 2.66. The fraction of sp³-hybridized carbons (Fsp3) is 0.926. The molecule has 0 saturated heterocycles. The van der Waals surface area contributed by atoms with E-state index in [2.05, 4.69) is 20.8 Å². The number of ether oxygens (including phenoxy) is 1. The molecule has 4 rings (SSSR count). The van der Waals surface area contributed by atoms with Gasteiger partial charge in [0.25, 0.3) is 0 Å². The van der Waals surface area contributed by atoms with Gasteiger partial charge in [0.1, 0.15) is 5.60 Å². The van der Waals surface area contributed by atoms with Crippen molar-refractivity contribution in [2.24, 2.45) is 46.3 Å². The van der Waals surface area contributed by atoms with Gasteiger partial charge in [0.05, 0.1) is 19.3 Å². The van der Waals surface area contributed by atoms with Gasteiger partial charge in [-0.25, -0.2) is 0 Å². The molecule has 0 spiro atoms. The Morgan fingerprint density at radius 1 is 1.09 bits per heavy atom. The summed E-state index contributed by atoms with van der Waals surface area (Å²) in [6, 6.07) is 0. The van der Waals surface area contributed by atoms with Gasteiger partial charge in [0.15, 0.2) is 5.78 Å². The molecule has 6 nitrogen and oxygen atoms in total. The lowest BCUT2D eigenvalue weighted by Crippen LogP contribution is -2.63. The Hall–Kier alpha value is -0.980. The van der Waals surface area contributed by atoms with Crippen LogP contribution >= 0.6 is 0 Å². The van der Waals surface area contributed by atoms with Gasteiger partial charge in [0, 0.05) is 6.42 Å². The lowest BCUT2D eigenvalue weighted by Gasteiger charge is -2.64. The SMILES string of the molecule is COC(=O)CC[C@@H](C)[C@H]1CC[C@H]2[C@@H]3[C@H](O)C[C@@H]4C[C@@](O)(C(C)=O)CC[C@]4(C)[C@H]3C[C@H](O)[C@]12C. The van der Waals surface area contributed by atoms with Crippen molar-refractivity contribution in [2.75, 3.05) is 7.11 Å². The Morgan fingerprint density at radius 2 is 1.79 bits per heavy atom. The zero-order valence-corrected chi connectivity index (χ0v) is 21.0. The maximum Gasteiger partial charge on any atom is 0.305 e. The second-order valence-electron chi connectivity index (χ2n) is 12.5. The Labute approximate surface area is 198 Å². The molecule has 3 N–H and O–H groups in total. The van der Waals surface area contributed by atoms with Crippen LogP contribution in [0.15, 0.2) is 0 Å². The van der Waals surface area contributed by atoms with Crippen LogP contribution < -0.4 is 0 Å². The number of ketones is 1. The third-order valence-electron chi connectivity index (χ3n) is 11.3. The predicted molar refractivity (Wildman–Crippen MR) is 124 cm³/mol. The van der Waals surface area contributed by atoms with Crippen LogP contribution in [0.4, 0.5) is 0 Å². The van der Waals surface area contributed by atoms with Crippen LogP contribution in [0.5, 0.6) is 0 Å². The standard InChI is InChI=1S/C27H44O6/c1-15(6-9-23(31)33-5)18-7-8-19-24-20(13-22(30)26(18,19)4)25(3)10-11-27(32,16(2)28)14-17(25)12-21(24)29/h15,17-22,24,29-30,32H,6-14H2,1-5H3/t15-,17-,18-,19+,20+,21-,22+,24+,25+,26-,27-/m1/s1. The molecule has 0 bridgehead atoms. The second kappa shape index (κ2) is 8.60. The molecule has 4 fully saturated rings. The van der Waals surface area contributed by atoms with Crippen LogP contribution in [0.2, 0.25) is 0 Å². The first kappa shape index (κ1) is 25.1. The zero-order chi connectivity index (χ0) is 24.3. The van der Waals surface area contributed by atoms with Crippen molar-refractivity contribution in [3.63, 3.8) is 0 Å². The Morgan fingerprint density at radius 3 is 2.42 bits per heavy atom. The van der Waals surface area contributed by atoms with Crippen molar-refractivity contribution in [2.45, 2.75) is 103 Å². The number of hydrogen-bond donors (Lipinski definition) is 3. The van der Waals surface area contributed by atoms with E-state index in [9.17, 15) is 24.9 Å².